The molecular formula is C38H60O13. The molecule has 0 aromatic carbocycles. The largest absolute Gasteiger partial charge is 0.396 e. The maximum atomic E-state index is 12.7. The molecule has 13 heteroatoms. The predicted molar refractivity (Wildman–Crippen MR) is 178 cm³/mol. The van der Waals surface area contributed by atoms with Crippen LogP contribution < -0.4 is 0 Å². The first-order chi connectivity index (χ1) is 24.1. The van der Waals surface area contributed by atoms with Crippen LogP contribution in [0.3, 0.4) is 0 Å². The van der Waals surface area contributed by atoms with Crippen molar-refractivity contribution >= 4 is 0 Å². The lowest BCUT2D eigenvalue weighted by Gasteiger charge is -2.59. The fourth-order valence-corrected chi connectivity index (χ4v) is 12.3. The van der Waals surface area contributed by atoms with Crippen molar-refractivity contribution < 1.29 is 64.2 Å². The van der Waals surface area contributed by atoms with Crippen molar-refractivity contribution in [2.45, 2.75) is 158 Å². The van der Waals surface area contributed by atoms with E-state index in [1.54, 1.807) is 6.92 Å². The van der Waals surface area contributed by atoms with Crippen LogP contribution in [0.15, 0.2) is 11.6 Å². The van der Waals surface area contributed by atoms with Gasteiger partial charge in [-0.05, 0) is 81.5 Å². The van der Waals surface area contributed by atoms with Gasteiger partial charge in [0.1, 0.15) is 35.6 Å². The molecule has 8 aliphatic rings. The summed E-state index contributed by atoms with van der Waals surface area (Å²) in [6, 6.07) is 0. The Balaban J connectivity index is 0.957. The van der Waals surface area contributed by atoms with Gasteiger partial charge in [-0.2, -0.15) is 0 Å². The standard InChI is InChI=1S/C38H60O13/c1-19-28(41)29(42)30(43)32(48-19)50-31-33(46-18-36(31,44)17-40)49-23-8-10-34(3)22(13-23)5-6-24-25(34)9-11-35(4)26(24)14-27-38(35,45)20(2)37(51-27)12-7-21(15-39)16-47-37/h5,19-21,23-33,39-45H,6-18H2,1-4H3/t19-,20+,21-,23-,24+,25-,26-,27-,28-,29+,30+,31-,32-,33-,34-,35-,36+,37+,38+/m0/s1. The molecular weight excluding hydrogens is 664 g/mol. The zero-order valence-corrected chi connectivity index (χ0v) is 30.4. The minimum absolute atomic E-state index is 0.0185. The summed E-state index contributed by atoms with van der Waals surface area (Å²) in [6.45, 7) is 8.01. The van der Waals surface area contributed by atoms with Crippen LogP contribution in [-0.4, -0.2) is 134 Å². The fraction of sp³-hybridized carbons (Fsp3) is 0.947. The minimum atomic E-state index is -1.82. The van der Waals surface area contributed by atoms with Crippen LogP contribution in [0.1, 0.15) is 85.5 Å². The highest BCUT2D eigenvalue weighted by molar-refractivity contribution is 5.29. The van der Waals surface area contributed by atoms with Crippen LogP contribution in [0, 0.1) is 40.4 Å². The van der Waals surface area contributed by atoms with E-state index in [2.05, 4.69) is 26.8 Å². The molecule has 4 saturated heterocycles. The van der Waals surface area contributed by atoms with E-state index < -0.39 is 66.7 Å². The fourth-order valence-electron chi connectivity index (χ4n) is 12.3. The molecule has 0 unspecified atom stereocenters. The normalized spacial score (nSPS) is 58.1. The van der Waals surface area contributed by atoms with Crippen molar-refractivity contribution in [1.29, 1.82) is 0 Å². The van der Waals surface area contributed by atoms with Gasteiger partial charge in [-0.3, -0.25) is 0 Å². The van der Waals surface area contributed by atoms with Crippen molar-refractivity contribution in [2.75, 3.05) is 26.4 Å². The number of fused-ring (bicyclic) bond motifs is 7. The van der Waals surface area contributed by atoms with Gasteiger partial charge in [-0.1, -0.05) is 32.4 Å². The molecule has 13 nitrogen and oxygen atoms in total. The number of hydrogen-bond donors (Lipinski definition) is 7. The summed E-state index contributed by atoms with van der Waals surface area (Å²) in [6.07, 6.45) is 0.616. The lowest BCUT2D eigenvalue weighted by Crippen LogP contribution is -2.60. The van der Waals surface area contributed by atoms with Gasteiger partial charge in [0.05, 0.1) is 38.1 Å². The van der Waals surface area contributed by atoms with E-state index in [0.717, 1.165) is 44.9 Å². The summed E-state index contributed by atoms with van der Waals surface area (Å²) < 4.78 is 37.1. The number of hydrogen-bond acceptors (Lipinski definition) is 13. The minimum Gasteiger partial charge on any atom is -0.396 e. The topological polar surface area (TPSA) is 197 Å². The molecule has 19 atom stereocenters. The lowest BCUT2D eigenvalue weighted by molar-refractivity contribution is -0.330. The third-order valence-electron chi connectivity index (χ3n) is 15.7. The molecule has 290 valence electrons. The SMILES string of the molecule is C[C@@H]1O[C@@H](O[C@H]2[C@H](O[C@H]3CC[C@@]4(C)C(=CC[C@@H]5[C@@H]4CC[C@@]4(C)[C@H]5C[C@@H]5O[C@]6(CC[C@@H](CO)CO6)[C@@H](C)[C@@]54O)C3)OC[C@]2(O)CO)[C@H](O)[C@H](O)[C@H]1O. The second-order valence-corrected chi connectivity index (χ2v) is 18.0. The number of aliphatic hydroxyl groups is 7. The van der Waals surface area contributed by atoms with Gasteiger partial charge >= 0.3 is 0 Å². The van der Waals surface area contributed by atoms with Crippen LogP contribution in [0.25, 0.3) is 0 Å². The van der Waals surface area contributed by atoms with Crippen molar-refractivity contribution in [2.24, 2.45) is 40.4 Å². The van der Waals surface area contributed by atoms with Crippen molar-refractivity contribution in [3.63, 3.8) is 0 Å². The molecule has 0 bridgehead atoms. The number of ether oxygens (including phenoxy) is 6. The summed E-state index contributed by atoms with van der Waals surface area (Å²) in [4.78, 5) is 0. The number of allylic oxidation sites excluding steroid dienone is 1. The summed E-state index contributed by atoms with van der Waals surface area (Å²) in [5.41, 5.74) is -1.74. The molecule has 3 saturated carbocycles. The summed E-state index contributed by atoms with van der Waals surface area (Å²) in [5.74, 6) is 0.382. The van der Waals surface area contributed by atoms with Crippen molar-refractivity contribution in [3.05, 3.63) is 11.6 Å². The third kappa shape index (κ3) is 5.35. The first kappa shape index (κ1) is 37.2. The molecule has 0 aromatic heterocycles. The molecule has 4 aliphatic heterocycles. The first-order valence-corrected chi connectivity index (χ1v) is 19.4. The van der Waals surface area contributed by atoms with E-state index >= 15 is 0 Å². The molecule has 8 rings (SSSR count). The van der Waals surface area contributed by atoms with Gasteiger partial charge in [0.15, 0.2) is 18.4 Å². The second kappa shape index (κ2) is 12.9. The molecule has 0 aromatic rings. The first-order valence-electron chi connectivity index (χ1n) is 19.4. The molecule has 51 heavy (non-hydrogen) atoms. The van der Waals surface area contributed by atoms with Gasteiger partial charge in [-0.15, -0.1) is 0 Å². The summed E-state index contributed by atoms with van der Waals surface area (Å²) >= 11 is 0. The summed E-state index contributed by atoms with van der Waals surface area (Å²) in [5, 5.41) is 74.7. The van der Waals surface area contributed by atoms with Gasteiger partial charge < -0.3 is 64.2 Å². The Morgan fingerprint density at radius 3 is 2.39 bits per heavy atom. The molecule has 0 radical (unpaired) electrons. The van der Waals surface area contributed by atoms with Gasteiger partial charge in [-0.25, -0.2) is 0 Å². The van der Waals surface area contributed by atoms with Gasteiger partial charge in [0.25, 0.3) is 0 Å². The predicted octanol–water partition coefficient (Wildman–Crippen LogP) is 1.12. The van der Waals surface area contributed by atoms with Crippen molar-refractivity contribution in [3.8, 4) is 0 Å². The Morgan fingerprint density at radius 1 is 0.902 bits per heavy atom. The average Bonchev–Trinajstić information content (AvgIpc) is 3.63. The van der Waals surface area contributed by atoms with Crippen LogP contribution >= 0.6 is 0 Å². The van der Waals surface area contributed by atoms with Crippen LogP contribution in [0.2, 0.25) is 0 Å². The lowest BCUT2D eigenvalue weighted by atomic mass is 9.46. The van der Waals surface area contributed by atoms with E-state index in [1.165, 1.54) is 5.57 Å². The summed E-state index contributed by atoms with van der Waals surface area (Å²) in [7, 11) is 0. The Kier molecular flexibility index (Phi) is 9.39. The van der Waals surface area contributed by atoms with E-state index in [1.807, 2.05) is 0 Å². The van der Waals surface area contributed by atoms with Crippen molar-refractivity contribution in [1.82, 2.24) is 0 Å². The van der Waals surface area contributed by atoms with Gasteiger partial charge in [0, 0.05) is 30.3 Å². The smallest absolute Gasteiger partial charge is 0.187 e. The maximum Gasteiger partial charge on any atom is 0.187 e. The Labute approximate surface area is 300 Å². The van der Waals surface area contributed by atoms with E-state index in [-0.39, 0.29) is 48.1 Å². The highest BCUT2D eigenvalue weighted by Gasteiger charge is 2.76. The van der Waals surface area contributed by atoms with Gasteiger partial charge in [0.2, 0.25) is 0 Å². The molecule has 0 amide bonds. The van der Waals surface area contributed by atoms with E-state index in [9.17, 15) is 35.7 Å². The number of rotatable bonds is 6. The molecule has 7 fully saturated rings. The molecule has 4 heterocycles. The zero-order chi connectivity index (χ0) is 36.3. The molecule has 7 N–H and O–H groups in total. The third-order valence-corrected chi connectivity index (χ3v) is 15.7. The van der Waals surface area contributed by atoms with E-state index in [0.29, 0.717) is 37.2 Å². The zero-order valence-electron chi connectivity index (χ0n) is 30.4. The highest BCUT2D eigenvalue weighted by Crippen LogP contribution is 2.72. The monoisotopic (exact) mass is 724 g/mol. The van der Waals surface area contributed by atoms with Crippen LogP contribution in [0.4, 0.5) is 0 Å². The Bertz CT molecular complexity index is 1340. The van der Waals surface area contributed by atoms with Crippen LogP contribution in [-0.2, 0) is 28.4 Å². The highest BCUT2D eigenvalue weighted by atomic mass is 16.8. The van der Waals surface area contributed by atoms with E-state index in [4.69, 9.17) is 28.4 Å². The second-order valence-electron chi connectivity index (χ2n) is 18.0. The molecule has 4 aliphatic carbocycles. The molecule has 1 spiro atoms. The van der Waals surface area contributed by atoms with Crippen LogP contribution in [0.5, 0.6) is 0 Å². The Hall–Kier alpha value is -0.780. The number of aliphatic hydroxyl groups excluding tert-OH is 5. The Morgan fingerprint density at radius 2 is 1.69 bits per heavy atom. The maximum absolute atomic E-state index is 12.7. The quantitative estimate of drug-likeness (QED) is 0.193. The average molecular weight is 725 g/mol.